The average molecular weight is 677 g/mol. The van der Waals surface area contributed by atoms with E-state index in [4.69, 9.17) is 35.5 Å². The Bertz CT molecular complexity index is 2050. The van der Waals surface area contributed by atoms with Crippen molar-refractivity contribution in [3.05, 3.63) is 119 Å². The predicted octanol–water partition coefficient (Wildman–Crippen LogP) is 5.53. The summed E-state index contributed by atoms with van der Waals surface area (Å²) in [5, 5.41) is 9.53. The van der Waals surface area contributed by atoms with Crippen LogP contribution in [0.3, 0.4) is 0 Å². The third kappa shape index (κ3) is 6.96. The molecule has 0 unspecified atom stereocenters. The van der Waals surface area contributed by atoms with Crippen molar-refractivity contribution in [3.63, 3.8) is 0 Å². The van der Waals surface area contributed by atoms with Gasteiger partial charge in [-0.15, -0.1) is 0 Å². The number of carboxylic acids is 1. The number of carboxylic acid groups (broad SMARTS) is 1. The molecule has 1 aliphatic rings. The van der Waals surface area contributed by atoms with Gasteiger partial charge in [0.25, 0.3) is 5.56 Å². The monoisotopic (exact) mass is 676 g/mol. The SMILES string of the molecule is CCCC1=C(C(=O)OCC)[C@H](c2ccccc2OC)n2c(s/c(=C/c3cc(Cl)c(OCc4cccc(C(=O)O)c4)c(OC)c3)c2=O)=N1. The smallest absolute Gasteiger partial charge is 0.338 e. The molecule has 12 heteroatoms. The van der Waals surface area contributed by atoms with Gasteiger partial charge in [0.1, 0.15) is 18.4 Å². The van der Waals surface area contributed by atoms with Crippen molar-refractivity contribution < 1.29 is 33.6 Å². The van der Waals surface area contributed by atoms with Crippen molar-refractivity contribution in [2.45, 2.75) is 39.3 Å². The molecule has 10 nitrogen and oxygen atoms in total. The van der Waals surface area contributed by atoms with Gasteiger partial charge in [0.05, 0.1) is 47.2 Å². The molecule has 0 amide bonds. The van der Waals surface area contributed by atoms with E-state index in [1.165, 1.54) is 35.1 Å². The van der Waals surface area contributed by atoms with E-state index >= 15 is 0 Å². The molecule has 244 valence electrons. The van der Waals surface area contributed by atoms with Crippen molar-refractivity contribution in [2.75, 3.05) is 20.8 Å². The molecule has 3 aromatic carbocycles. The van der Waals surface area contributed by atoms with Crippen LogP contribution in [-0.4, -0.2) is 42.4 Å². The maximum absolute atomic E-state index is 14.2. The van der Waals surface area contributed by atoms with Crippen LogP contribution >= 0.6 is 22.9 Å². The first-order valence-corrected chi connectivity index (χ1v) is 16.1. The fraction of sp³-hybridized carbons (Fsp3) is 0.257. The Morgan fingerprint density at radius 1 is 1.04 bits per heavy atom. The van der Waals surface area contributed by atoms with E-state index in [0.717, 1.165) is 6.42 Å². The van der Waals surface area contributed by atoms with Crippen molar-refractivity contribution in [1.29, 1.82) is 0 Å². The molecule has 0 fully saturated rings. The summed E-state index contributed by atoms with van der Waals surface area (Å²) >= 11 is 7.85. The highest BCUT2D eigenvalue weighted by Crippen LogP contribution is 2.38. The van der Waals surface area contributed by atoms with E-state index in [9.17, 15) is 19.5 Å². The molecule has 0 saturated carbocycles. The lowest BCUT2D eigenvalue weighted by molar-refractivity contribution is -0.139. The lowest BCUT2D eigenvalue weighted by Crippen LogP contribution is -2.40. The van der Waals surface area contributed by atoms with Crippen molar-refractivity contribution in [3.8, 4) is 17.2 Å². The molecule has 2 heterocycles. The van der Waals surface area contributed by atoms with Crippen LogP contribution in [0.2, 0.25) is 5.02 Å². The fourth-order valence-electron chi connectivity index (χ4n) is 5.37. The Morgan fingerprint density at radius 3 is 2.51 bits per heavy atom. The van der Waals surface area contributed by atoms with Crippen LogP contribution in [0.4, 0.5) is 0 Å². The summed E-state index contributed by atoms with van der Waals surface area (Å²) in [5.74, 6) is -0.453. The van der Waals surface area contributed by atoms with Crippen LogP contribution in [0.5, 0.6) is 17.2 Å². The molecule has 5 rings (SSSR count). The Kier molecular flexibility index (Phi) is 10.5. The number of nitrogens with zero attached hydrogens (tertiary/aromatic N) is 2. The molecular weight excluding hydrogens is 644 g/mol. The molecule has 1 aromatic heterocycles. The van der Waals surface area contributed by atoms with Crippen LogP contribution in [0.25, 0.3) is 6.08 Å². The zero-order chi connectivity index (χ0) is 33.7. The number of rotatable bonds is 12. The molecular formula is C35H33ClN2O8S. The summed E-state index contributed by atoms with van der Waals surface area (Å²) in [7, 11) is 3.02. The number of hydrogen-bond acceptors (Lipinski definition) is 9. The van der Waals surface area contributed by atoms with E-state index < -0.39 is 18.0 Å². The van der Waals surface area contributed by atoms with E-state index in [0.29, 0.717) is 55.2 Å². The number of halogens is 1. The minimum atomic E-state index is -1.04. The van der Waals surface area contributed by atoms with Crippen LogP contribution in [0, 0.1) is 0 Å². The summed E-state index contributed by atoms with van der Waals surface area (Å²) < 4.78 is 24.5. The molecule has 1 atom stereocenters. The minimum absolute atomic E-state index is 0.0565. The average Bonchev–Trinajstić information content (AvgIpc) is 3.37. The number of aromatic nitrogens is 1. The first-order chi connectivity index (χ1) is 22.7. The van der Waals surface area contributed by atoms with Gasteiger partial charge in [0.2, 0.25) is 0 Å². The first kappa shape index (κ1) is 33.5. The number of benzene rings is 3. The fourth-order valence-corrected chi connectivity index (χ4v) is 6.67. The molecule has 1 N–H and O–H groups in total. The Morgan fingerprint density at radius 2 is 1.81 bits per heavy atom. The Hall–Kier alpha value is -4.87. The van der Waals surface area contributed by atoms with Crippen molar-refractivity contribution >= 4 is 41.0 Å². The van der Waals surface area contributed by atoms with E-state index in [1.807, 2.05) is 25.1 Å². The van der Waals surface area contributed by atoms with Gasteiger partial charge in [0, 0.05) is 5.56 Å². The van der Waals surface area contributed by atoms with E-state index in [2.05, 4.69) is 0 Å². The Balaban J connectivity index is 1.60. The van der Waals surface area contributed by atoms with E-state index in [-0.39, 0.29) is 35.1 Å². The van der Waals surface area contributed by atoms with Gasteiger partial charge in [-0.05, 0) is 60.9 Å². The number of carbonyl (C=O) groups is 2. The molecule has 0 bridgehead atoms. The van der Waals surface area contributed by atoms with Crippen LogP contribution in [-0.2, 0) is 16.1 Å². The highest BCUT2D eigenvalue weighted by Gasteiger charge is 2.35. The number of methoxy groups -OCH3 is 2. The first-order valence-electron chi connectivity index (χ1n) is 14.9. The summed E-state index contributed by atoms with van der Waals surface area (Å²) in [6, 6.07) is 16.2. The number of aromatic carboxylic acids is 1. The summed E-state index contributed by atoms with van der Waals surface area (Å²) in [5.41, 5.74) is 2.51. The van der Waals surface area contributed by atoms with Crippen LogP contribution in [0.1, 0.15) is 59.8 Å². The second-order valence-corrected chi connectivity index (χ2v) is 11.9. The summed E-state index contributed by atoms with van der Waals surface area (Å²) in [4.78, 5) is 44.2. The van der Waals surface area contributed by atoms with Gasteiger partial charge >= 0.3 is 11.9 Å². The number of allylic oxidation sites excluding steroid dienone is 1. The van der Waals surface area contributed by atoms with Gasteiger partial charge in [0.15, 0.2) is 16.3 Å². The third-order valence-corrected chi connectivity index (χ3v) is 8.70. The van der Waals surface area contributed by atoms with Gasteiger partial charge < -0.3 is 24.1 Å². The molecule has 0 spiro atoms. The van der Waals surface area contributed by atoms with Gasteiger partial charge in [-0.2, -0.15) is 0 Å². The maximum atomic E-state index is 14.2. The quantitative estimate of drug-likeness (QED) is 0.194. The number of para-hydroxylation sites is 1. The molecule has 0 aliphatic carbocycles. The topological polar surface area (TPSA) is 126 Å². The molecule has 4 aromatic rings. The van der Waals surface area contributed by atoms with Crippen LogP contribution < -0.4 is 29.1 Å². The highest BCUT2D eigenvalue weighted by atomic mass is 35.5. The van der Waals surface area contributed by atoms with Crippen LogP contribution in [0.15, 0.2) is 81.7 Å². The van der Waals surface area contributed by atoms with Gasteiger partial charge in [-0.3, -0.25) is 9.36 Å². The highest BCUT2D eigenvalue weighted by molar-refractivity contribution is 7.07. The number of ether oxygens (including phenoxy) is 4. The number of fused-ring (bicyclic) bond motifs is 1. The normalized spacial score (nSPS) is 14.3. The van der Waals surface area contributed by atoms with E-state index in [1.54, 1.807) is 50.4 Å². The summed E-state index contributed by atoms with van der Waals surface area (Å²) in [6.07, 6.45) is 2.93. The molecule has 47 heavy (non-hydrogen) atoms. The number of thiazole rings is 1. The minimum Gasteiger partial charge on any atom is -0.496 e. The zero-order valence-electron chi connectivity index (χ0n) is 26.2. The zero-order valence-corrected chi connectivity index (χ0v) is 27.8. The lowest BCUT2D eigenvalue weighted by atomic mass is 9.93. The van der Waals surface area contributed by atoms with Gasteiger partial charge in [-0.25, -0.2) is 14.6 Å². The Labute approximate surface area is 279 Å². The molecule has 0 radical (unpaired) electrons. The third-order valence-electron chi connectivity index (χ3n) is 7.43. The standard InChI is InChI=1S/C35H33ClN2O8S/c1-5-10-25-29(34(42)45-6-2)30(23-13-7-8-14-26(23)43-3)38-32(39)28(47-35(38)37-25)18-21-16-24(36)31(27(17-21)44-4)46-19-20-11-9-12-22(15-20)33(40)41/h7-9,11-18,30H,5-6,10,19H2,1-4H3,(H,40,41)/b28-18+/t30-/m0/s1. The second-order valence-electron chi connectivity index (χ2n) is 10.5. The molecule has 0 saturated heterocycles. The predicted molar refractivity (Wildman–Crippen MR) is 178 cm³/mol. The number of hydrogen-bond donors (Lipinski definition) is 1. The number of carbonyl (C=O) groups excluding carboxylic acids is 1. The van der Waals surface area contributed by atoms with Crippen molar-refractivity contribution in [1.82, 2.24) is 4.57 Å². The maximum Gasteiger partial charge on any atom is 0.338 e. The number of esters is 1. The molecule has 1 aliphatic heterocycles. The second kappa shape index (κ2) is 14.7. The van der Waals surface area contributed by atoms with Crippen molar-refractivity contribution in [2.24, 2.45) is 4.99 Å². The summed E-state index contributed by atoms with van der Waals surface area (Å²) in [6.45, 7) is 3.96. The largest absolute Gasteiger partial charge is 0.496 e. The van der Waals surface area contributed by atoms with Gasteiger partial charge in [-0.1, -0.05) is 66.6 Å². The lowest BCUT2D eigenvalue weighted by Gasteiger charge is -2.26.